The molecule has 0 aromatic carbocycles. The lowest BCUT2D eigenvalue weighted by Gasteiger charge is -2.20. The Labute approximate surface area is 113 Å². The van der Waals surface area contributed by atoms with Crippen molar-refractivity contribution in [2.75, 3.05) is 18.4 Å². The van der Waals surface area contributed by atoms with Gasteiger partial charge in [0, 0.05) is 25.0 Å². The van der Waals surface area contributed by atoms with Gasteiger partial charge < -0.3 is 0 Å². The first-order valence-corrected chi connectivity index (χ1v) is 7.71. The second-order valence-corrected chi connectivity index (χ2v) is 5.05. The number of hydrogen-bond acceptors (Lipinski definition) is 2. The lowest BCUT2D eigenvalue weighted by Crippen LogP contribution is -2.27. The Morgan fingerprint density at radius 1 is 1.29 bits per heavy atom. The summed E-state index contributed by atoms with van der Waals surface area (Å²) in [4.78, 5) is 2.48. The summed E-state index contributed by atoms with van der Waals surface area (Å²) in [5.41, 5.74) is 2.55. The number of aryl methyl sites for hydroxylation is 2. The van der Waals surface area contributed by atoms with Crippen molar-refractivity contribution < 1.29 is 0 Å². The molecule has 4 heteroatoms. The predicted octanol–water partition coefficient (Wildman–Crippen LogP) is 3.07. The molecule has 0 aliphatic heterocycles. The van der Waals surface area contributed by atoms with Gasteiger partial charge in [0.2, 0.25) is 0 Å². The van der Waals surface area contributed by atoms with Gasteiger partial charge in [0.1, 0.15) is 0 Å². The minimum absolute atomic E-state index is 0.962. The van der Waals surface area contributed by atoms with E-state index in [9.17, 15) is 0 Å². The van der Waals surface area contributed by atoms with Gasteiger partial charge in [-0.25, -0.2) is 0 Å². The highest BCUT2D eigenvalue weighted by Gasteiger charge is 2.10. The second-order valence-electron chi connectivity index (χ2n) is 4.26. The van der Waals surface area contributed by atoms with E-state index in [2.05, 4.69) is 57.4 Å². The van der Waals surface area contributed by atoms with Gasteiger partial charge in [-0.3, -0.25) is 9.58 Å². The fourth-order valence-corrected chi connectivity index (χ4v) is 2.53. The van der Waals surface area contributed by atoms with E-state index in [0.29, 0.717) is 0 Å². The largest absolute Gasteiger partial charge is 0.297 e. The second kappa shape index (κ2) is 7.88. The molecule has 0 saturated carbocycles. The lowest BCUT2D eigenvalue weighted by atomic mass is 10.3. The number of hydrogen-bond donors (Lipinski definition) is 0. The molecule has 0 saturated heterocycles. The Kier molecular flexibility index (Phi) is 6.82. The lowest BCUT2D eigenvalue weighted by molar-refractivity contribution is 0.274. The third kappa shape index (κ3) is 4.43. The highest BCUT2D eigenvalue weighted by molar-refractivity contribution is 9.09. The highest BCUT2D eigenvalue weighted by atomic mass is 79.9. The highest BCUT2D eigenvalue weighted by Crippen LogP contribution is 2.09. The van der Waals surface area contributed by atoms with Crippen LogP contribution in [0.3, 0.4) is 0 Å². The molecule has 0 N–H and O–H groups in total. The van der Waals surface area contributed by atoms with Gasteiger partial charge in [0.05, 0.1) is 11.4 Å². The molecule has 0 bridgehead atoms. The van der Waals surface area contributed by atoms with Crippen LogP contribution in [-0.4, -0.2) is 33.1 Å². The van der Waals surface area contributed by atoms with Crippen LogP contribution in [0.2, 0.25) is 0 Å². The molecule has 1 aromatic heterocycles. The van der Waals surface area contributed by atoms with E-state index in [1.807, 2.05) is 0 Å². The molecule has 0 spiro atoms. The first-order chi connectivity index (χ1) is 8.24. The molecular formula is C13H24BrN3. The number of rotatable bonds is 8. The topological polar surface area (TPSA) is 21.1 Å². The zero-order valence-corrected chi connectivity index (χ0v) is 12.8. The average molecular weight is 302 g/mol. The molecule has 98 valence electrons. The molecule has 17 heavy (non-hydrogen) atoms. The fraction of sp³-hybridized carbons (Fsp3) is 0.769. The van der Waals surface area contributed by atoms with Crippen molar-refractivity contribution in [3.8, 4) is 0 Å². The first-order valence-electron chi connectivity index (χ1n) is 6.59. The summed E-state index contributed by atoms with van der Waals surface area (Å²) in [5, 5.41) is 5.63. The number of halogens is 1. The molecule has 0 unspecified atom stereocenters. The summed E-state index contributed by atoms with van der Waals surface area (Å²) >= 11 is 3.52. The molecule has 0 amide bonds. The van der Waals surface area contributed by atoms with E-state index in [1.165, 1.54) is 17.8 Å². The monoisotopic (exact) mass is 301 g/mol. The molecule has 0 fully saturated rings. The summed E-state index contributed by atoms with van der Waals surface area (Å²) in [5.74, 6) is 0. The van der Waals surface area contributed by atoms with Crippen molar-refractivity contribution in [3.05, 3.63) is 17.5 Å². The summed E-state index contributed by atoms with van der Waals surface area (Å²) in [6.07, 6.45) is 2.22. The van der Waals surface area contributed by atoms with Crippen molar-refractivity contribution in [2.45, 2.75) is 46.7 Å². The van der Waals surface area contributed by atoms with Crippen molar-refractivity contribution in [2.24, 2.45) is 0 Å². The fourth-order valence-electron chi connectivity index (χ4n) is 2.02. The maximum atomic E-state index is 4.60. The van der Waals surface area contributed by atoms with Crippen molar-refractivity contribution in [3.63, 3.8) is 0 Å². The van der Waals surface area contributed by atoms with E-state index in [-0.39, 0.29) is 0 Å². The minimum atomic E-state index is 0.962. The van der Waals surface area contributed by atoms with Gasteiger partial charge >= 0.3 is 0 Å². The van der Waals surface area contributed by atoms with Crippen LogP contribution in [0.5, 0.6) is 0 Å². The van der Waals surface area contributed by atoms with Crippen LogP contribution < -0.4 is 0 Å². The van der Waals surface area contributed by atoms with Gasteiger partial charge in [-0.05, 0) is 32.4 Å². The van der Waals surface area contributed by atoms with Crippen LogP contribution in [0.25, 0.3) is 0 Å². The van der Waals surface area contributed by atoms with Crippen molar-refractivity contribution in [1.82, 2.24) is 14.7 Å². The van der Waals surface area contributed by atoms with E-state index in [0.717, 1.165) is 37.9 Å². The smallest absolute Gasteiger partial charge is 0.0625 e. The molecular weight excluding hydrogens is 278 g/mol. The standard InChI is InChI=1S/C13H24BrN3/c1-4-8-16(9-7-14)11-13-10-12(5-2)15-17(13)6-3/h10H,4-9,11H2,1-3H3. The van der Waals surface area contributed by atoms with Crippen LogP contribution in [0.1, 0.15) is 38.6 Å². The molecule has 0 aliphatic carbocycles. The van der Waals surface area contributed by atoms with E-state index >= 15 is 0 Å². The van der Waals surface area contributed by atoms with Gasteiger partial charge in [-0.2, -0.15) is 5.10 Å². The normalized spacial score (nSPS) is 11.4. The maximum Gasteiger partial charge on any atom is 0.0625 e. The molecule has 3 nitrogen and oxygen atoms in total. The Hall–Kier alpha value is -0.350. The average Bonchev–Trinajstić information content (AvgIpc) is 2.72. The van der Waals surface area contributed by atoms with Crippen LogP contribution in [0.4, 0.5) is 0 Å². The molecule has 1 rings (SSSR count). The van der Waals surface area contributed by atoms with E-state index in [1.54, 1.807) is 0 Å². The number of nitrogens with zero attached hydrogens (tertiary/aromatic N) is 3. The molecule has 1 aromatic rings. The zero-order chi connectivity index (χ0) is 12.7. The molecule has 0 radical (unpaired) electrons. The third-order valence-electron chi connectivity index (χ3n) is 2.90. The summed E-state index contributed by atoms with van der Waals surface area (Å²) in [6, 6.07) is 2.25. The van der Waals surface area contributed by atoms with Crippen LogP contribution in [0, 0.1) is 0 Å². The minimum Gasteiger partial charge on any atom is -0.297 e. The predicted molar refractivity (Wildman–Crippen MR) is 76.6 cm³/mol. The molecule has 1 heterocycles. The third-order valence-corrected chi connectivity index (χ3v) is 3.26. The Morgan fingerprint density at radius 2 is 2.06 bits per heavy atom. The quantitative estimate of drug-likeness (QED) is 0.688. The summed E-state index contributed by atoms with van der Waals surface area (Å²) in [7, 11) is 0. The van der Waals surface area contributed by atoms with E-state index in [4.69, 9.17) is 0 Å². The van der Waals surface area contributed by atoms with Crippen LogP contribution in [-0.2, 0) is 19.5 Å². The summed E-state index contributed by atoms with van der Waals surface area (Å²) in [6.45, 7) is 10.8. The van der Waals surface area contributed by atoms with Gasteiger partial charge in [-0.15, -0.1) is 0 Å². The Morgan fingerprint density at radius 3 is 2.59 bits per heavy atom. The first kappa shape index (κ1) is 14.7. The molecule has 0 aliphatic rings. The van der Waals surface area contributed by atoms with Crippen molar-refractivity contribution >= 4 is 15.9 Å². The van der Waals surface area contributed by atoms with Crippen molar-refractivity contribution in [1.29, 1.82) is 0 Å². The van der Waals surface area contributed by atoms with Crippen LogP contribution in [0.15, 0.2) is 6.07 Å². The van der Waals surface area contributed by atoms with Gasteiger partial charge in [-0.1, -0.05) is 29.8 Å². The zero-order valence-electron chi connectivity index (χ0n) is 11.2. The maximum absolute atomic E-state index is 4.60. The summed E-state index contributed by atoms with van der Waals surface area (Å²) < 4.78 is 2.13. The van der Waals surface area contributed by atoms with E-state index < -0.39 is 0 Å². The van der Waals surface area contributed by atoms with Gasteiger partial charge in [0.25, 0.3) is 0 Å². The molecule has 0 atom stereocenters. The SMILES string of the molecule is CCCN(CCBr)Cc1cc(CC)nn1CC. The number of alkyl halides is 1. The number of aromatic nitrogens is 2. The Balaban J connectivity index is 2.72. The van der Waals surface area contributed by atoms with Crippen LogP contribution >= 0.6 is 15.9 Å². The Bertz CT molecular complexity index is 316. The van der Waals surface area contributed by atoms with Gasteiger partial charge in [0.15, 0.2) is 0 Å².